The third kappa shape index (κ3) is 5.75. The van der Waals surface area contributed by atoms with Crippen LogP contribution >= 0.6 is 23.2 Å². The van der Waals surface area contributed by atoms with E-state index >= 15 is 0 Å². The van der Waals surface area contributed by atoms with Gasteiger partial charge in [-0.1, -0.05) is 55.2 Å². The van der Waals surface area contributed by atoms with E-state index in [0.29, 0.717) is 24.1 Å². The van der Waals surface area contributed by atoms with Gasteiger partial charge in [0, 0.05) is 18.0 Å². The minimum absolute atomic E-state index is 0.145. The van der Waals surface area contributed by atoms with Crippen molar-refractivity contribution >= 4 is 52.6 Å². The van der Waals surface area contributed by atoms with E-state index in [2.05, 4.69) is 10.6 Å². The lowest BCUT2D eigenvalue weighted by molar-refractivity contribution is -0.156. The van der Waals surface area contributed by atoms with Crippen LogP contribution in [0.3, 0.4) is 0 Å². The van der Waals surface area contributed by atoms with Gasteiger partial charge in [0.05, 0.1) is 28.1 Å². The summed E-state index contributed by atoms with van der Waals surface area (Å²) < 4.78 is 4.90. The number of carbonyl (C=O) groups excluding carboxylic acids is 3. The number of methoxy groups -OCH3 is 1. The predicted molar refractivity (Wildman–Crippen MR) is 141 cm³/mol. The summed E-state index contributed by atoms with van der Waals surface area (Å²) in [4.78, 5) is 50.2. The number of aliphatic carboxylic acids is 1. The number of anilines is 1. The molecule has 1 aliphatic carbocycles. The maximum Gasteiger partial charge on any atom is 0.328 e. The number of carboxylic acids is 1. The molecule has 3 rings (SSSR count). The van der Waals surface area contributed by atoms with E-state index < -0.39 is 40.6 Å². The van der Waals surface area contributed by atoms with Gasteiger partial charge >= 0.3 is 11.9 Å². The number of hydrogen-bond donors (Lipinski definition) is 3. The number of halogens is 2. The molecule has 3 atom stereocenters. The number of benzene rings is 2. The zero-order valence-corrected chi connectivity index (χ0v) is 22.6. The van der Waals surface area contributed by atoms with Crippen molar-refractivity contribution in [3.8, 4) is 0 Å². The van der Waals surface area contributed by atoms with Crippen molar-refractivity contribution in [1.82, 2.24) is 5.32 Å². The minimum atomic E-state index is -1.05. The predicted octanol–water partition coefficient (Wildman–Crippen LogP) is 4.97. The first-order valence-corrected chi connectivity index (χ1v) is 12.5. The van der Waals surface area contributed by atoms with E-state index in [1.807, 2.05) is 0 Å². The quantitative estimate of drug-likeness (QED) is 0.400. The summed E-state index contributed by atoms with van der Waals surface area (Å²) in [5.74, 6) is -2.98. The second-order valence-electron chi connectivity index (χ2n) is 9.99. The first-order valence-electron chi connectivity index (χ1n) is 11.8. The van der Waals surface area contributed by atoms with Crippen LogP contribution in [0.2, 0.25) is 10.0 Å². The second kappa shape index (κ2) is 11.1. The molecular weight excluding hydrogens is 519 g/mol. The van der Waals surface area contributed by atoms with E-state index in [4.69, 9.17) is 27.9 Å². The van der Waals surface area contributed by atoms with Gasteiger partial charge in [-0.05, 0) is 55.0 Å². The first kappa shape index (κ1) is 28.5. The fraction of sp³-hybridized carbons (Fsp3) is 0.407. The molecule has 198 valence electrons. The van der Waals surface area contributed by atoms with Crippen molar-refractivity contribution in [2.24, 2.45) is 16.7 Å². The summed E-state index contributed by atoms with van der Waals surface area (Å²) in [6.07, 6.45) is 0.911. The average Bonchev–Trinajstić information content (AvgIpc) is 3.08. The van der Waals surface area contributed by atoms with Crippen LogP contribution in [0, 0.1) is 16.7 Å². The second-order valence-corrected chi connectivity index (χ2v) is 10.8. The molecule has 8 nitrogen and oxygen atoms in total. The third-order valence-corrected chi connectivity index (χ3v) is 8.29. The van der Waals surface area contributed by atoms with Gasteiger partial charge in [-0.3, -0.25) is 14.4 Å². The highest BCUT2D eigenvalue weighted by Crippen LogP contribution is 2.56. The van der Waals surface area contributed by atoms with Gasteiger partial charge in [-0.25, -0.2) is 4.79 Å². The molecule has 2 unspecified atom stereocenters. The molecule has 1 fully saturated rings. The summed E-state index contributed by atoms with van der Waals surface area (Å²) in [7, 11) is 1.24. The summed E-state index contributed by atoms with van der Waals surface area (Å²) >= 11 is 12.2. The van der Waals surface area contributed by atoms with Crippen LogP contribution in [-0.2, 0) is 25.5 Å². The number of nitrogens with one attached hydrogen (secondary N) is 2. The van der Waals surface area contributed by atoms with E-state index in [-0.39, 0.29) is 27.9 Å². The zero-order valence-electron chi connectivity index (χ0n) is 21.1. The number of esters is 1. The normalized spacial score (nSPS) is 21.1. The molecule has 0 bridgehead atoms. The van der Waals surface area contributed by atoms with E-state index in [1.165, 1.54) is 7.11 Å². The Morgan fingerprint density at radius 3 is 2.16 bits per heavy atom. The molecule has 10 heteroatoms. The minimum Gasteiger partial charge on any atom is -0.481 e. The van der Waals surface area contributed by atoms with Crippen LogP contribution in [0.4, 0.5) is 5.69 Å². The zero-order chi connectivity index (χ0) is 27.5. The number of carbonyl (C=O) groups is 4. The maximum atomic E-state index is 13.2. The molecule has 0 heterocycles. The molecule has 37 heavy (non-hydrogen) atoms. The SMILES string of the molecule is COC(=O)[C@H](Cc1ccc(NC(=O)c2c(Cl)cccc2Cl)cc1)NC(=O)C1CCC(C)(C(=O)O)C1(C)C. The first-order chi connectivity index (χ1) is 17.3. The Balaban J connectivity index is 1.71. The van der Waals surface area contributed by atoms with Crippen LogP contribution in [0.15, 0.2) is 42.5 Å². The molecule has 2 amide bonds. The highest BCUT2D eigenvalue weighted by Gasteiger charge is 2.58. The summed E-state index contributed by atoms with van der Waals surface area (Å²) in [6.45, 7) is 5.20. The number of amides is 2. The Labute approximate surface area is 225 Å². The lowest BCUT2D eigenvalue weighted by Crippen LogP contribution is -2.50. The lowest BCUT2D eigenvalue weighted by Gasteiger charge is -2.38. The van der Waals surface area contributed by atoms with Crippen LogP contribution in [0.25, 0.3) is 0 Å². The Bertz CT molecular complexity index is 1190. The number of rotatable bonds is 8. The largest absolute Gasteiger partial charge is 0.481 e. The molecule has 2 aromatic carbocycles. The van der Waals surface area contributed by atoms with Crippen molar-refractivity contribution in [1.29, 1.82) is 0 Å². The molecule has 1 aliphatic rings. The Morgan fingerprint density at radius 1 is 1.05 bits per heavy atom. The summed E-state index contributed by atoms with van der Waals surface area (Å²) in [5.41, 5.74) is -0.495. The standard InChI is InChI=1S/C27H30Cl2N2O6/c1-26(2)17(12-13-27(26,3)25(35)36)22(32)31-20(24(34)37-4)14-15-8-10-16(11-9-15)30-23(33)21-18(28)6-5-7-19(21)29/h5-11,17,20H,12-14H2,1-4H3,(H,30,33)(H,31,32)(H,35,36)/t17?,20-,27?/m0/s1. The maximum absolute atomic E-state index is 13.2. The fourth-order valence-corrected chi connectivity index (χ4v) is 5.39. The number of carboxylic acid groups (broad SMARTS) is 1. The smallest absolute Gasteiger partial charge is 0.328 e. The van der Waals surface area contributed by atoms with Gasteiger partial charge < -0.3 is 20.5 Å². The third-order valence-electron chi connectivity index (χ3n) is 7.66. The van der Waals surface area contributed by atoms with E-state index in [0.717, 1.165) is 0 Å². The van der Waals surface area contributed by atoms with Crippen molar-refractivity contribution in [3.05, 3.63) is 63.6 Å². The van der Waals surface area contributed by atoms with E-state index in [9.17, 15) is 24.3 Å². The van der Waals surface area contributed by atoms with Crippen molar-refractivity contribution in [2.75, 3.05) is 12.4 Å². The van der Waals surface area contributed by atoms with Gasteiger partial charge in [0.2, 0.25) is 5.91 Å². The van der Waals surface area contributed by atoms with Gasteiger partial charge in [0.15, 0.2) is 0 Å². The average molecular weight is 549 g/mol. The van der Waals surface area contributed by atoms with Crippen molar-refractivity contribution in [3.63, 3.8) is 0 Å². The molecular formula is C27H30Cl2N2O6. The molecule has 0 aliphatic heterocycles. The molecule has 0 spiro atoms. The van der Waals surface area contributed by atoms with Crippen molar-refractivity contribution < 1.29 is 29.0 Å². The Morgan fingerprint density at radius 2 is 1.65 bits per heavy atom. The van der Waals surface area contributed by atoms with Crippen LogP contribution < -0.4 is 10.6 Å². The Kier molecular flexibility index (Phi) is 8.55. The molecule has 0 saturated heterocycles. The Hall–Kier alpha value is -3.10. The van der Waals surface area contributed by atoms with Crippen LogP contribution in [-0.4, -0.2) is 42.0 Å². The molecule has 0 radical (unpaired) electrons. The topological polar surface area (TPSA) is 122 Å². The monoisotopic (exact) mass is 548 g/mol. The van der Waals surface area contributed by atoms with E-state index in [1.54, 1.807) is 63.2 Å². The fourth-order valence-electron chi connectivity index (χ4n) is 4.82. The van der Waals surface area contributed by atoms with Crippen molar-refractivity contribution in [2.45, 2.75) is 46.1 Å². The van der Waals surface area contributed by atoms with Gasteiger partial charge in [-0.2, -0.15) is 0 Å². The number of ether oxygens (including phenoxy) is 1. The molecule has 1 saturated carbocycles. The highest BCUT2D eigenvalue weighted by atomic mass is 35.5. The summed E-state index contributed by atoms with van der Waals surface area (Å²) in [5, 5.41) is 15.7. The lowest BCUT2D eigenvalue weighted by atomic mass is 9.65. The number of hydrogen-bond acceptors (Lipinski definition) is 5. The summed E-state index contributed by atoms with van der Waals surface area (Å²) in [6, 6.07) is 10.6. The molecule has 2 aromatic rings. The van der Waals surface area contributed by atoms with Crippen LogP contribution in [0.1, 0.15) is 49.5 Å². The molecule has 0 aromatic heterocycles. The molecule has 3 N–H and O–H groups in total. The van der Waals surface area contributed by atoms with Gasteiger partial charge in [0.25, 0.3) is 5.91 Å². The van der Waals surface area contributed by atoms with Gasteiger partial charge in [-0.15, -0.1) is 0 Å². The highest BCUT2D eigenvalue weighted by molar-refractivity contribution is 6.40. The van der Waals surface area contributed by atoms with Crippen LogP contribution in [0.5, 0.6) is 0 Å². The van der Waals surface area contributed by atoms with Gasteiger partial charge in [0.1, 0.15) is 6.04 Å².